The molecule has 0 atom stereocenters. The van der Waals surface area contributed by atoms with Crippen LogP contribution < -0.4 is 4.74 Å². The lowest BCUT2D eigenvalue weighted by Gasteiger charge is -2.17. The van der Waals surface area contributed by atoms with Gasteiger partial charge in [-0.15, -0.1) is 0 Å². The number of rotatable bonds is 7. The summed E-state index contributed by atoms with van der Waals surface area (Å²) in [6.45, 7) is 0. The van der Waals surface area contributed by atoms with E-state index in [1.54, 1.807) is 0 Å². The Morgan fingerprint density at radius 1 is 0.386 bits per heavy atom. The fourth-order valence-electron chi connectivity index (χ4n) is 7.97. The van der Waals surface area contributed by atoms with Gasteiger partial charge in [0.2, 0.25) is 0 Å². The summed E-state index contributed by atoms with van der Waals surface area (Å²) in [4.78, 5) is 15.0. The second-order valence-corrected chi connectivity index (χ2v) is 14.5. The van der Waals surface area contributed by atoms with Crippen molar-refractivity contribution >= 4 is 55.1 Å². The zero-order valence-corrected chi connectivity index (χ0v) is 31.1. The van der Waals surface area contributed by atoms with E-state index in [9.17, 15) is 0 Å². The van der Waals surface area contributed by atoms with Crippen molar-refractivity contribution in [2.45, 2.75) is 0 Å². The standard InChI is InChI=1S/C51H30ClN3O2/c52-41-22-10-20-37(48(41)57-43-28-29-44-47-45-40(21-11-23-42(45)56-44)38-18-7-8-19-39(38)46(43)47)35-16-9-17-36(30-35)51-54-49(33-14-5-2-6-15-33)53-50(55-51)34-26-24-32(25-27-34)31-12-3-1-4-13-31/h1-30H. The van der Waals surface area contributed by atoms with Crippen LogP contribution in [-0.2, 0) is 0 Å². The molecule has 0 radical (unpaired) electrons. The van der Waals surface area contributed by atoms with Crippen molar-refractivity contribution in [2.75, 3.05) is 0 Å². The van der Waals surface area contributed by atoms with Gasteiger partial charge in [-0.25, -0.2) is 15.0 Å². The predicted octanol–water partition coefficient (Wildman–Crippen LogP) is 14.3. The molecule has 268 valence electrons. The van der Waals surface area contributed by atoms with Crippen molar-refractivity contribution in [1.29, 1.82) is 0 Å². The summed E-state index contributed by atoms with van der Waals surface area (Å²) >= 11 is 7.04. The first-order valence-corrected chi connectivity index (χ1v) is 19.2. The number of furan rings is 1. The van der Waals surface area contributed by atoms with Gasteiger partial charge in [0.1, 0.15) is 16.9 Å². The Morgan fingerprint density at radius 3 is 1.68 bits per heavy atom. The molecule has 0 aliphatic carbocycles. The molecule has 0 N–H and O–H groups in total. The van der Waals surface area contributed by atoms with E-state index in [4.69, 9.17) is 35.7 Å². The molecule has 0 saturated heterocycles. The monoisotopic (exact) mass is 751 g/mol. The van der Waals surface area contributed by atoms with Gasteiger partial charge in [-0.05, 0) is 63.2 Å². The number of aromatic nitrogens is 3. The summed E-state index contributed by atoms with van der Waals surface area (Å²) in [6, 6.07) is 61.4. The molecule has 0 fully saturated rings. The zero-order chi connectivity index (χ0) is 37.9. The van der Waals surface area contributed by atoms with Gasteiger partial charge in [-0.3, -0.25) is 0 Å². The van der Waals surface area contributed by atoms with E-state index >= 15 is 0 Å². The molecule has 6 heteroatoms. The quantitative estimate of drug-likeness (QED) is 0.152. The van der Waals surface area contributed by atoms with Gasteiger partial charge in [0.15, 0.2) is 23.2 Å². The van der Waals surface area contributed by atoms with Crippen LogP contribution in [0.4, 0.5) is 0 Å². The molecule has 0 spiro atoms. The Labute approximate surface area is 332 Å². The molecule has 11 aromatic rings. The van der Waals surface area contributed by atoms with Gasteiger partial charge >= 0.3 is 0 Å². The lowest BCUT2D eigenvalue weighted by Crippen LogP contribution is -2.00. The Hall–Kier alpha value is -7.34. The molecule has 0 aliphatic heterocycles. The van der Waals surface area contributed by atoms with Crippen molar-refractivity contribution in [3.8, 4) is 67.9 Å². The molecule has 2 heterocycles. The lowest BCUT2D eigenvalue weighted by atomic mass is 9.94. The van der Waals surface area contributed by atoms with Crippen LogP contribution in [0, 0.1) is 0 Å². The SMILES string of the molecule is Clc1cccc(-c2cccc(-c3nc(-c4ccccc4)nc(-c4ccc(-c5ccccc5)cc4)n3)c2)c1Oc1ccc2oc3cccc4c5ccccc5c1c2c34. The highest BCUT2D eigenvalue weighted by Gasteiger charge is 2.22. The highest BCUT2D eigenvalue weighted by Crippen LogP contribution is 2.48. The number of ether oxygens (including phenoxy) is 1. The van der Waals surface area contributed by atoms with Gasteiger partial charge in [0.25, 0.3) is 0 Å². The molecule has 0 amide bonds. The van der Waals surface area contributed by atoms with Gasteiger partial charge in [0, 0.05) is 38.4 Å². The summed E-state index contributed by atoms with van der Waals surface area (Å²) in [5, 5.41) is 7.01. The van der Waals surface area contributed by atoms with Crippen LogP contribution in [0.1, 0.15) is 0 Å². The third kappa shape index (κ3) is 5.67. The summed E-state index contributed by atoms with van der Waals surface area (Å²) in [7, 11) is 0. The van der Waals surface area contributed by atoms with Crippen LogP contribution in [0.15, 0.2) is 186 Å². The highest BCUT2D eigenvalue weighted by atomic mass is 35.5. The summed E-state index contributed by atoms with van der Waals surface area (Å²) < 4.78 is 13.3. The second kappa shape index (κ2) is 13.4. The Morgan fingerprint density at radius 2 is 0.912 bits per heavy atom. The number of hydrogen-bond donors (Lipinski definition) is 0. The van der Waals surface area contributed by atoms with Crippen LogP contribution >= 0.6 is 11.6 Å². The van der Waals surface area contributed by atoms with Crippen LogP contribution in [0.5, 0.6) is 11.5 Å². The largest absolute Gasteiger partial charge is 0.456 e. The first-order valence-electron chi connectivity index (χ1n) is 18.8. The molecule has 2 aromatic heterocycles. The topological polar surface area (TPSA) is 61.0 Å². The minimum absolute atomic E-state index is 0.500. The number of halogens is 1. The third-order valence-electron chi connectivity index (χ3n) is 10.6. The summed E-state index contributed by atoms with van der Waals surface area (Å²) in [6.07, 6.45) is 0. The minimum atomic E-state index is 0.500. The number of benzene rings is 9. The molecular weight excluding hydrogens is 722 g/mol. The van der Waals surface area contributed by atoms with E-state index in [0.717, 1.165) is 82.4 Å². The van der Waals surface area contributed by atoms with Crippen molar-refractivity contribution in [3.63, 3.8) is 0 Å². The molecule has 9 aromatic carbocycles. The smallest absolute Gasteiger partial charge is 0.164 e. The molecule has 57 heavy (non-hydrogen) atoms. The van der Waals surface area contributed by atoms with Crippen LogP contribution in [0.3, 0.4) is 0 Å². The average Bonchev–Trinajstić information content (AvgIpc) is 3.67. The molecule has 5 nitrogen and oxygen atoms in total. The first-order chi connectivity index (χ1) is 28.2. The maximum Gasteiger partial charge on any atom is 0.164 e. The number of nitrogens with zero attached hydrogens (tertiary/aromatic N) is 3. The lowest BCUT2D eigenvalue weighted by molar-refractivity contribution is 0.490. The van der Waals surface area contributed by atoms with E-state index in [-0.39, 0.29) is 0 Å². The van der Waals surface area contributed by atoms with Gasteiger partial charge in [-0.1, -0.05) is 163 Å². The Bertz CT molecular complexity index is 3270. The Kier molecular flexibility index (Phi) is 7.79. The molecule has 0 unspecified atom stereocenters. The molecule has 0 aliphatic rings. The fraction of sp³-hybridized carbons (Fsp3) is 0. The van der Waals surface area contributed by atoms with E-state index in [1.165, 1.54) is 0 Å². The zero-order valence-electron chi connectivity index (χ0n) is 30.4. The highest BCUT2D eigenvalue weighted by molar-refractivity contribution is 6.34. The van der Waals surface area contributed by atoms with Crippen LogP contribution in [-0.4, -0.2) is 15.0 Å². The van der Waals surface area contributed by atoms with Crippen molar-refractivity contribution in [3.05, 3.63) is 187 Å². The minimum Gasteiger partial charge on any atom is -0.456 e. The number of hydrogen-bond acceptors (Lipinski definition) is 5. The predicted molar refractivity (Wildman–Crippen MR) is 232 cm³/mol. The summed E-state index contributed by atoms with van der Waals surface area (Å²) in [5.74, 6) is 3.01. The molecule has 0 saturated carbocycles. The number of fused-ring (bicyclic) bond motifs is 3. The molecule has 0 bridgehead atoms. The second-order valence-electron chi connectivity index (χ2n) is 14.1. The normalized spacial score (nSPS) is 11.6. The van der Waals surface area contributed by atoms with E-state index in [1.807, 2.05) is 103 Å². The maximum absolute atomic E-state index is 7.04. The fourth-order valence-corrected chi connectivity index (χ4v) is 8.18. The van der Waals surface area contributed by atoms with Crippen LogP contribution in [0.2, 0.25) is 5.02 Å². The first kappa shape index (κ1) is 33.0. The van der Waals surface area contributed by atoms with Gasteiger partial charge in [0.05, 0.1) is 5.02 Å². The third-order valence-corrected chi connectivity index (χ3v) is 10.9. The summed E-state index contributed by atoms with van der Waals surface area (Å²) in [5.41, 5.74) is 8.34. The molecule has 11 rings (SSSR count). The van der Waals surface area contributed by atoms with E-state index < -0.39 is 0 Å². The van der Waals surface area contributed by atoms with E-state index in [0.29, 0.717) is 34.0 Å². The van der Waals surface area contributed by atoms with Crippen molar-refractivity contribution in [1.82, 2.24) is 15.0 Å². The average molecular weight is 752 g/mol. The van der Waals surface area contributed by atoms with Crippen molar-refractivity contribution < 1.29 is 9.15 Å². The number of para-hydroxylation sites is 1. The van der Waals surface area contributed by atoms with E-state index in [2.05, 4.69) is 78.9 Å². The maximum atomic E-state index is 7.04. The van der Waals surface area contributed by atoms with Crippen molar-refractivity contribution in [2.24, 2.45) is 0 Å². The van der Waals surface area contributed by atoms with Gasteiger partial charge in [-0.2, -0.15) is 0 Å². The Balaban J connectivity index is 1.03. The van der Waals surface area contributed by atoms with Crippen LogP contribution in [0.25, 0.3) is 99.9 Å². The molecular formula is C51H30ClN3O2. The van der Waals surface area contributed by atoms with Gasteiger partial charge < -0.3 is 9.15 Å².